The second kappa shape index (κ2) is 7.96. The van der Waals surface area contributed by atoms with E-state index in [1.54, 1.807) is 42.5 Å². The molecule has 0 bridgehead atoms. The number of benzene rings is 2. The number of ether oxygens (including phenoxy) is 2. The molecular formula is C19H15NO6S. The van der Waals surface area contributed by atoms with E-state index >= 15 is 0 Å². The molecule has 1 heterocycles. The SMILES string of the molecule is COc1cc(/C=C2/SC(=O)NC2=O)ccc1OCc1cccc(C(=O)O)c1. The van der Waals surface area contributed by atoms with E-state index in [-0.39, 0.29) is 12.2 Å². The highest BCUT2D eigenvalue weighted by atomic mass is 32.2. The van der Waals surface area contributed by atoms with Gasteiger partial charge < -0.3 is 14.6 Å². The Hall–Kier alpha value is -3.26. The third-order valence-corrected chi connectivity index (χ3v) is 4.51. The average Bonchev–Trinajstić information content (AvgIpc) is 2.97. The molecule has 1 aliphatic rings. The van der Waals surface area contributed by atoms with Crippen molar-refractivity contribution in [3.05, 3.63) is 64.1 Å². The van der Waals surface area contributed by atoms with E-state index in [4.69, 9.17) is 14.6 Å². The highest BCUT2D eigenvalue weighted by Gasteiger charge is 2.25. The van der Waals surface area contributed by atoms with Gasteiger partial charge in [-0.05, 0) is 53.2 Å². The Kier molecular flexibility index (Phi) is 5.46. The first-order chi connectivity index (χ1) is 13.0. The standard InChI is InChI=1S/C19H15NO6S/c1-25-15-8-11(9-16-17(21)20-19(24)27-16)5-6-14(15)26-10-12-3-2-4-13(7-12)18(22)23/h2-9H,10H2,1H3,(H,22,23)(H,20,21,24)/b16-9+. The Morgan fingerprint density at radius 1 is 1.19 bits per heavy atom. The topological polar surface area (TPSA) is 102 Å². The number of carbonyl (C=O) groups excluding carboxylic acids is 2. The van der Waals surface area contributed by atoms with E-state index in [0.29, 0.717) is 27.5 Å². The Labute approximate surface area is 159 Å². The summed E-state index contributed by atoms with van der Waals surface area (Å²) in [5, 5.41) is 10.8. The maximum atomic E-state index is 11.6. The Bertz CT molecular complexity index is 953. The molecule has 3 rings (SSSR count). The molecule has 7 nitrogen and oxygen atoms in total. The summed E-state index contributed by atoms with van der Waals surface area (Å²) in [6.45, 7) is 0.171. The number of methoxy groups -OCH3 is 1. The molecule has 0 radical (unpaired) electrons. The van der Waals surface area contributed by atoms with Gasteiger partial charge in [0, 0.05) is 0 Å². The Morgan fingerprint density at radius 3 is 2.67 bits per heavy atom. The van der Waals surface area contributed by atoms with Crippen LogP contribution in [0.4, 0.5) is 4.79 Å². The molecule has 1 fully saturated rings. The monoisotopic (exact) mass is 385 g/mol. The quantitative estimate of drug-likeness (QED) is 0.736. The minimum Gasteiger partial charge on any atom is -0.493 e. The molecule has 2 aromatic carbocycles. The van der Waals surface area contributed by atoms with Crippen molar-refractivity contribution in [3.63, 3.8) is 0 Å². The van der Waals surface area contributed by atoms with E-state index in [9.17, 15) is 14.4 Å². The van der Waals surface area contributed by atoms with Crippen LogP contribution in [0.2, 0.25) is 0 Å². The molecule has 1 saturated heterocycles. The predicted molar refractivity (Wildman–Crippen MR) is 99.8 cm³/mol. The van der Waals surface area contributed by atoms with Crippen molar-refractivity contribution in [1.82, 2.24) is 5.32 Å². The number of carbonyl (C=O) groups is 3. The molecule has 8 heteroatoms. The first-order valence-corrected chi connectivity index (χ1v) is 8.66. The van der Waals surface area contributed by atoms with Crippen LogP contribution in [0.1, 0.15) is 21.5 Å². The lowest BCUT2D eigenvalue weighted by Gasteiger charge is -2.12. The molecule has 0 spiro atoms. The molecule has 2 amide bonds. The van der Waals surface area contributed by atoms with Crippen LogP contribution in [0.3, 0.4) is 0 Å². The summed E-state index contributed by atoms with van der Waals surface area (Å²) in [5.41, 5.74) is 1.58. The van der Waals surface area contributed by atoms with Crippen LogP contribution in [0.5, 0.6) is 11.5 Å². The number of hydrogen-bond donors (Lipinski definition) is 2. The first kappa shape index (κ1) is 18.5. The van der Waals surface area contributed by atoms with Gasteiger partial charge in [-0.2, -0.15) is 0 Å². The van der Waals surface area contributed by atoms with Crippen LogP contribution in [-0.4, -0.2) is 29.3 Å². The van der Waals surface area contributed by atoms with Crippen LogP contribution in [0, 0.1) is 0 Å². The van der Waals surface area contributed by atoms with E-state index in [1.807, 2.05) is 0 Å². The van der Waals surface area contributed by atoms with Crippen molar-refractivity contribution in [2.75, 3.05) is 7.11 Å². The fraction of sp³-hybridized carbons (Fsp3) is 0.105. The summed E-state index contributed by atoms with van der Waals surface area (Å²) in [5.74, 6) is -0.504. The molecule has 0 saturated carbocycles. The third kappa shape index (κ3) is 4.48. The zero-order chi connectivity index (χ0) is 19.4. The van der Waals surface area contributed by atoms with Crippen LogP contribution < -0.4 is 14.8 Å². The van der Waals surface area contributed by atoms with Gasteiger partial charge in [0.2, 0.25) is 0 Å². The van der Waals surface area contributed by atoms with Gasteiger partial charge in [0.25, 0.3) is 11.1 Å². The van der Waals surface area contributed by atoms with E-state index in [0.717, 1.165) is 11.8 Å². The first-order valence-electron chi connectivity index (χ1n) is 7.84. The van der Waals surface area contributed by atoms with E-state index in [1.165, 1.54) is 13.2 Å². The van der Waals surface area contributed by atoms with Crippen molar-refractivity contribution >= 4 is 35.0 Å². The molecule has 0 unspecified atom stereocenters. The van der Waals surface area contributed by atoms with Crippen LogP contribution >= 0.6 is 11.8 Å². The minimum absolute atomic E-state index is 0.171. The molecule has 1 aliphatic heterocycles. The average molecular weight is 385 g/mol. The number of carboxylic acids is 1. The number of imide groups is 1. The van der Waals surface area contributed by atoms with Crippen molar-refractivity contribution < 1.29 is 29.0 Å². The summed E-state index contributed by atoms with van der Waals surface area (Å²) in [4.78, 5) is 34.2. The van der Waals surface area contributed by atoms with E-state index in [2.05, 4.69) is 5.32 Å². The number of hydrogen-bond acceptors (Lipinski definition) is 6. The maximum Gasteiger partial charge on any atom is 0.335 e. The third-order valence-electron chi connectivity index (χ3n) is 3.70. The summed E-state index contributed by atoms with van der Waals surface area (Å²) in [6, 6.07) is 11.6. The van der Waals surface area contributed by atoms with Crippen LogP contribution in [0.15, 0.2) is 47.4 Å². The van der Waals surface area contributed by atoms with E-state index < -0.39 is 17.1 Å². The Balaban J connectivity index is 1.76. The van der Waals surface area contributed by atoms with Gasteiger partial charge in [-0.25, -0.2) is 4.79 Å². The summed E-state index contributed by atoms with van der Waals surface area (Å²) >= 11 is 0.839. The second-order valence-corrected chi connectivity index (χ2v) is 6.57. The number of aromatic carboxylic acids is 1. The zero-order valence-corrected chi connectivity index (χ0v) is 15.0. The fourth-order valence-electron chi connectivity index (χ4n) is 2.42. The molecule has 2 N–H and O–H groups in total. The van der Waals surface area contributed by atoms with Gasteiger partial charge in [0.15, 0.2) is 11.5 Å². The van der Waals surface area contributed by atoms with Gasteiger partial charge in [-0.3, -0.25) is 14.9 Å². The molecular weight excluding hydrogens is 370 g/mol. The normalized spacial score (nSPS) is 14.9. The highest BCUT2D eigenvalue weighted by Crippen LogP contribution is 2.32. The van der Waals surface area contributed by atoms with Crippen molar-refractivity contribution in [3.8, 4) is 11.5 Å². The summed E-state index contributed by atoms with van der Waals surface area (Å²) in [7, 11) is 1.49. The number of nitrogens with one attached hydrogen (secondary N) is 1. The fourth-order valence-corrected chi connectivity index (χ4v) is 3.10. The summed E-state index contributed by atoms with van der Waals surface area (Å²) in [6.07, 6.45) is 1.59. The van der Waals surface area contributed by atoms with Gasteiger partial charge in [-0.15, -0.1) is 0 Å². The number of thioether (sulfide) groups is 1. The number of amides is 2. The molecule has 27 heavy (non-hydrogen) atoms. The van der Waals surface area contributed by atoms with Gasteiger partial charge in [-0.1, -0.05) is 18.2 Å². The van der Waals surface area contributed by atoms with Gasteiger partial charge in [0.1, 0.15) is 6.61 Å². The largest absolute Gasteiger partial charge is 0.493 e. The van der Waals surface area contributed by atoms with Crippen molar-refractivity contribution in [2.45, 2.75) is 6.61 Å². The summed E-state index contributed by atoms with van der Waals surface area (Å²) < 4.78 is 11.1. The van der Waals surface area contributed by atoms with Crippen LogP contribution in [0.25, 0.3) is 6.08 Å². The molecule has 0 atom stereocenters. The van der Waals surface area contributed by atoms with Gasteiger partial charge in [0.05, 0.1) is 17.6 Å². The minimum atomic E-state index is -1.00. The predicted octanol–water partition coefficient (Wildman–Crippen LogP) is 3.30. The second-order valence-electron chi connectivity index (χ2n) is 5.56. The molecule has 0 aliphatic carbocycles. The lowest BCUT2D eigenvalue weighted by atomic mass is 10.1. The molecule has 2 aromatic rings. The smallest absolute Gasteiger partial charge is 0.335 e. The lowest BCUT2D eigenvalue weighted by Crippen LogP contribution is -2.17. The number of rotatable bonds is 6. The number of carboxylic acid groups (broad SMARTS) is 1. The highest BCUT2D eigenvalue weighted by molar-refractivity contribution is 8.18. The van der Waals surface area contributed by atoms with Gasteiger partial charge >= 0.3 is 5.97 Å². The molecule has 0 aromatic heterocycles. The van der Waals surface area contributed by atoms with Crippen molar-refractivity contribution in [1.29, 1.82) is 0 Å². The maximum absolute atomic E-state index is 11.6. The lowest BCUT2D eigenvalue weighted by molar-refractivity contribution is -0.115. The van der Waals surface area contributed by atoms with Crippen LogP contribution in [-0.2, 0) is 11.4 Å². The zero-order valence-electron chi connectivity index (χ0n) is 14.2. The van der Waals surface area contributed by atoms with Crippen molar-refractivity contribution in [2.24, 2.45) is 0 Å². The Morgan fingerprint density at radius 2 is 2.00 bits per heavy atom. The molecule has 138 valence electrons.